The number of nitrogens with zero attached hydrogens (tertiary/aromatic N) is 2. The molecule has 0 unspecified atom stereocenters. The first-order chi connectivity index (χ1) is 13.0. The van der Waals surface area contributed by atoms with Crippen molar-refractivity contribution in [2.75, 3.05) is 5.32 Å². The maximum absolute atomic E-state index is 12.6. The molecular formula is C21H18N4O2. The summed E-state index contributed by atoms with van der Waals surface area (Å²) in [6.07, 6.45) is 3.40. The normalized spacial score (nSPS) is 10.9. The van der Waals surface area contributed by atoms with E-state index in [1.54, 1.807) is 18.5 Å². The molecule has 4 aromatic rings. The van der Waals surface area contributed by atoms with Gasteiger partial charge in [-0.2, -0.15) is 0 Å². The summed E-state index contributed by atoms with van der Waals surface area (Å²) >= 11 is 0. The average molecular weight is 358 g/mol. The van der Waals surface area contributed by atoms with E-state index in [1.165, 1.54) is 0 Å². The van der Waals surface area contributed by atoms with Gasteiger partial charge in [-0.25, -0.2) is 4.98 Å². The number of rotatable bonds is 3. The summed E-state index contributed by atoms with van der Waals surface area (Å²) in [5, 5.41) is 13.7. The van der Waals surface area contributed by atoms with Crippen LogP contribution < -0.4 is 10.9 Å². The molecule has 0 aliphatic rings. The van der Waals surface area contributed by atoms with Gasteiger partial charge in [0.25, 0.3) is 5.56 Å². The molecule has 0 saturated carbocycles. The zero-order chi connectivity index (χ0) is 19.0. The smallest absolute Gasteiger partial charge is 0.259 e. The molecule has 0 fully saturated rings. The molecule has 2 heterocycles. The highest BCUT2D eigenvalue weighted by molar-refractivity contribution is 5.84. The van der Waals surface area contributed by atoms with Crippen LogP contribution in [0.3, 0.4) is 0 Å². The van der Waals surface area contributed by atoms with Crippen LogP contribution in [-0.4, -0.2) is 20.1 Å². The number of aromatic hydroxyl groups is 1. The molecule has 134 valence electrons. The third-order valence-corrected chi connectivity index (χ3v) is 4.44. The van der Waals surface area contributed by atoms with Gasteiger partial charge in [0.2, 0.25) is 0 Å². The van der Waals surface area contributed by atoms with Crippen LogP contribution in [-0.2, 0) is 0 Å². The molecule has 6 heteroatoms. The first-order valence-electron chi connectivity index (χ1n) is 8.53. The Hall–Kier alpha value is -3.67. The SMILES string of the molecule is Cc1cc(-c2nc3ccc(Nc4ccncc4)cc3c(=O)[nH]2)cc(C)c1O. The molecule has 0 aliphatic heterocycles. The van der Waals surface area contributed by atoms with Crippen molar-refractivity contribution in [3.63, 3.8) is 0 Å². The summed E-state index contributed by atoms with van der Waals surface area (Å²) in [7, 11) is 0. The second-order valence-corrected chi connectivity index (χ2v) is 6.47. The minimum absolute atomic E-state index is 0.211. The molecule has 0 radical (unpaired) electrons. The number of hydrogen-bond donors (Lipinski definition) is 3. The summed E-state index contributed by atoms with van der Waals surface area (Å²) in [5.74, 6) is 0.738. The summed E-state index contributed by atoms with van der Waals surface area (Å²) in [4.78, 5) is 24.1. The number of phenolic OH excluding ortho intramolecular Hbond substituents is 1. The number of phenols is 1. The summed E-state index contributed by atoms with van der Waals surface area (Å²) < 4.78 is 0. The van der Waals surface area contributed by atoms with E-state index in [-0.39, 0.29) is 11.3 Å². The van der Waals surface area contributed by atoms with Crippen LogP contribution in [0.2, 0.25) is 0 Å². The Balaban J connectivity index is 1.77. The number of nitrogens with one attached hydrogen (secondary N) is 2. The summed E-state index contributed by atoms with van der Waals surface area (Å²) in [6.45, 7) is 3.64. The van der Waals surface area contributed by atoms with Crippen LogP contribution in [0.25, 0.3) is 22.3 Å². The lowest BCUT2D eigenvalue weighted by Crippen LogP contribution is -2.10. The van der Waals surface area contributed by atoms with Crippen molar-refractivity contribution in [2.24, 2.45) is 0 Å². The number of aromatic amines is 1. The maximum atomic E-state index is 12.6. The van der Waals surface area contributed by atoms with E-state index < -0.39 is 0 Å². The Bertz CT molecular complexity index is 1180. The minimum Gasteiger partial charge on any atom is -0.507 e. The van der Waals surface area contributed by atoms with Crippen molar-refractivity contribution in [2.45, 2.75) is 13.8 Å². The lowest BCUT2D eigenvalue weighted by Gasteiger charge is -2.10. The number of H-pyrrole nitrogens is 1. The number of aryl methyl sites for hydroxylation is 2. The molecule has 0 amide bonds. The maximum Gasteiger partial charge on any atom is 0.259 e. The van der Waals surface area contributed by atoms with Crippen molar-refractivity contribution in [3.8, 4) is 17.1 Å². The molecule has 0 atom stereocenters. The fraction of sp³-hybridized carbons (Fsp3) is 0.0952. The molecule has 6 nitrogen and oxygen atoms in total. The number of pyridine rings is 1. The van der Waals surface area contributed by atoms with Crippen LogP contribution >= 0.6 is 0 Å². The van der Waals surface area contributed by atoms with E-state index in [4.69, 9.17) is 0 Å². The molecule has 2 aromatic heterocycles. The Labute approximate surface area is 155 Å². The van der Waals surface area contributed by atoms with E-state index in [1.807, 2.05) is 50.2 Å². The topological polar surface area (TPSA) is 90.9 Å². The number of fused-ring (bicyclic) bond motifs is 1. The largest absolute Gasteiger partial charge is 0.507 e. The predicted octanol–water partition coefficient (Wildman–Crippen LogP) is 4.05. The van der Waals surface area contributed by atoms with Gasteiger partial charge in [-0.3, -0.25) is 9.78 Å². The molecule has 27 heavy (non-hydrogen) atoms. The Morgan fingerprint density at radius 3 is 2.37 bits per heavy atom. The average Bonchev–Trinajstić information content (AvgIpc) is 2.67. The van der Waals surface area contributed by atoms with Crippen LogP contribution in [0.5, 0.6) is 5.75 Å². The number of anilines is 2. The molecule has 4 rings (SSSR count). The monoisotopic (exact) mass is 358 g/mol. The second kappa shape index (κ2) is 6.57. The molecule has 2 aromatic carbocycles. The Morgan fingerprint density at radius 1 is 0.963 bits per heavy atom. The van der Waals surface area contributed by atoms with E-state index >= 15 is 0 Å². The fourth-order valence-electron chi connectivity index (χ4n) is 3.05. The molecule has 0 aliphatic carbocycles. The lowest BCUT2D eigenvalue weighted by molar-refractivity contribution is 0.467. The van der Waals surface area contributed by atoms with Crippen molar-refractivity contribution in [1.29, 1.82) is 0 Å². The molecular weight excluding hydrogens is 340 g/mol. The highest BCUT2D eigenvalue weighted by atomic mass is 16.3. The molecule has 0 bridgehead atoms. The zero-order valence-corrected chi connectivity index (χ0v) is 14.9. The van der Waals surface area contributed by atoms with Crippen molar-refractivity contribution in [1.82, 2.24) is 15.0 Å². The van der Waals surface area contributed by atoms with Gasteiger partial charge in [0.15, 0.2) is 0 Å². The molecule has 0 saturated heterocycles. The third kappa shape index (κ3) is 3.25. The van der Waals surface area contributed by atoms with Gasteiger partial charge >= 0.3 is 0 Å². The van der Waals surface area contributed by atoms with Gasteiger partial charge in [-0.1, -0.05) is 0 Å². The van der Waals surface area contributed by atoms with Crippen molar-refractivity contribution in [3.05, 3.63) is 76.3 Å². The van der Waals surface area contributed by atoms with Crippen LogP contribution in [0, 0.1) is 13.8 Å². The Kier molecular flexibility index (Phi) is 4.08. The van der Waals surface area contributed by atoms with Crippen LogP contribution in [0.15, 0.2) is 59.7 Å². The molecule has 0 spiro atoms. The summed E-state index contributed by atoms with van der Waals surface area (Å²) in [5.41, 5.74) is 4.33. The standard InChI is InChI=1S/C21H18N4O2/c1-12-9-14(10-13(2)19(12)26)20-24-18-4-3-16(11-17(18)21(27)25-20)23-15-5-7-22-8-6-15/h3-11,26H,1-2H3,(H,22,23)(H,24,25,27). The van der Waals surface area contributed by atoms with E-state index in [0.717, 1.165) is 28.1 Å². The zero-order valence-electron chi connectivity index (χ0n) is 14.9. The van der Waals surface area contributed by atoms with Gasteiger partial charge in [0.05, 0.1) is 10.9 Å². The van der Waals surface area contributed by atoms with Gasteiger partial charge in [-0.15, -0.1) is 0 Å². The highest BCUT2D eigenvalue weighted by Gasteiger charge is 2.10. The second-order valence-electron chi connectivity index (χ2n) is 6.47. The van der Waals surface area contributed by atoms with Crippen LogP contribution in [0.1, 0.15) is 11.1 Å². The first kappa shape index (κ1) is 16.8. The first-order valence-corrected chi connectivity index (χ1v) is 8.53. The lowest BCUT2D eigenvalue weighted by atomic mass is 10.1. The highest BCUT2D eigenvalue weighted by Crippen LogP contribution is 2.28. The van der Waals surface area contributed by atoms with Gasteiger partial charge in [0, 0.05) is 29.3 Å². The van der Waals surface area contributed by atoms with Gasteiger partial charge < -0.3 is 15.4 Å². The quantitative estimate of drug-likeness (QED) is 0.514. The third-order valence-electron chi connectivity index (χ3n) is 4.44. The Morgan fingerprint density at radius 2 is 1.67 bits per heavy atom. The number of hydrogen-bond acceptors (Lipinski definition) is 5. The van der Waals surface area contributed by atoms with E-state index in [9.17, 15) is 9.90 Å². The minimum atomic E-state index is -0.211. The van der Waals surface area contributed by atoms with Crippen molar-refractivity contribution < 1.29 is 5.11 Å². The van der Waals surface area contributed by atoms with E-state index in [0.29, 0.717) is 16.7 Å². The number of aromatic nitrogens is 3. The molecule has 3 N–H and O–H groups in total. The van der Waals surface area contributed by atoms with Crippen LogP contribution in [0.4, 0.5) is 11.4 Å². The fourth-order valence-corrected chi connectivity index (χ4v) is 3.05. The van der Waals surface area contributed by atoms with E-state index in [2.05, 4.69) is 20.3 Å². The van der Waals surface area contributed by atoms with Gasteiger partial charge in [-0.05, 0) is 67.4 Å². The summed E-state index contributed by atoms with van der Waals surface area (Å²) in [6, 6.07) is 12.8. The van der Waals surface area contributed by atoms with Gasteiger partial charge in [0.1, 0.15) is 11.6 Å². The van der Waals surface area contributed by atoms with Crippen molar-refractivity contribution >= 4 is 22.3 Å². The predicted molar refractivity (Wildman–Crippen MR) is 106 cm³/mol. The number of benzene rings is 2.